The molecule has 1 heterocycles. The van der Waals surface area contributed by atoms with Crippen molar-refractivity contribution in [3.63, 3.8) is 0 Å². The van der Waals surface area contributed by atoms with Gasteiger partial charge in [-0.1, -0.05) is 47.1 Å². The van der Waals surface area contributed by atoms with E-state index in [1.165, 1.54) is 6.07 Å². The molecule has 0 saturated carbocycles. The lowest BCUT2D eigenvalue weighted by Crippen LogP contribution is -2.41. The Labute approximate surface area is 173 Å². The molecule has 1 fully saturated rings. The van der Waals surface area contributed by atoms with E-state index in [-0.39, 0.29) is 28.5 Å². The van der Waals surface area contributed by atoms with Crippen molar-refractivity contribution in [1.29, 1.82) is 0 Å². The summed E-state index contributed by atoms with van der Waals surface area (Å²) in [5.74, 6) is 0.000460. The molecule has 1 atom stereocenters. The van der Waals surface area contributed by atoms with Crippen molar-refractivity contribution in [3.05, 3.63) is 68.7 Å². The van der Waals surface area contributed by atoms with Gasteiger partial charge in [0.05, 0.1) is 11.0 Å². The summed E-state index contributed by atoms with van der Waals surface area (Å²) >= 11 is 3.43. The zero-order valence-corrected chi connectivity index (χ0v) is 17.4. The van der Waals surface area contributed by atoms with E-state index >= 15 is 0 Å². The Morgan fingerprint density at radius 1 is 1.21 bits per heavy atom. The maximum atomic E-state index is 12.8. The van der Waals surface area contributed by atoms with E-state index in [0.29, 0.717) is 31.6 Å². The van der Waals surface area contributed by atoms with Gasteiger partial charge in [-0.05, 0) is 43.0 Å². The fourth-order valence-corrected chi connectivity index (χ4v) is 3.94. The molecule has 1 aliphatic rings. The second kappa shape index (κ2) is 9.19. The number of carbonyl (C=O) groups excluding carboxylic acids is 1. The van der Waals surface area contributed by atoms with Crippen LogP contribution in [-0.4, -0.2) is 23.9 Å². The molecule has 6 nitrogen and oxygen atoms in total. The lowest BCUT2D eigenvalue weighted by atomic mass is 9.94. The van der Waals surface area contributed by atoms with Gasteiger partial charge in [-0.25, -0.2) is 0 Å². The predicted molar refractivity (Wildman–Crippen MR) is 113 cm³/mol. The van der Waals surface area contributed by atoms with E-state index in [1.54, 1.807) is 12.1 Å². The molecule has 0 bridgehead atoms. The molecule has 148 valence electrons. The maximum Gasteiger partial charge on any atom is 0.292 e. The van der Waals surface area contributed by atoms with Crippen molar-refractivity contribution in [2.75, 3.05) is 18.0 Å². The lowest BCUT2D eigenvalue weighted by molar-refractivity contribution is -0.384. The SMILES string of the molecule is CC[C@H](NC(=O)C1CCN(c2ccccc2[N+](=O)[O-])CC1)c1ccc(Br)cc1. The number of anilines is 1. The fraction of sp³-hybridized carbons (Fsp3) is 0.381. The second-order valence-corrected chi connectivity index (χ2v) is 7.94. The Balaban J connectivity index is 1.61. The summed E-state index contributed by atoms with van der Waals surface area (Å²) < 4.78 is 1.01. The summed E-state index contributed by atoms with van der Waals surface area (Å²) in [7, 11) is 0. The molecule has 0 spiro atoms. The highest BCUT2D eigenvalue weighted by Gasteiger charge is 2.29. The summed E-state index contributed by atoms with van der Waals surface area (Å²) in [4.78, 5) is 25.7. The number of nitro groups is 1. The fourth-order valence-electron chi connectivity index (χ4n) is 3.67. The van der Waals surface area contributed by atoms with Crippen molar-refractivity contribution in [1.82, 2.24) is 5.32 Å². The number of hydrogen-bond acceptors (Lipinski definition) is 4. The van der Waals surface area contributed by atoms with Gasteiger partial charge in [0.25, 0.3) is 5.69 Å². The van der Waals surface area contributed by atoms with Gasteiger partial charge < -0.3 is 10.2 Å². The Hall–Kier alpha value is -2.41. The normalized spacial score (nSPS) is 15.9. The average Bonchev–Trinajstić information content (AvgIpc) is 2.72. The number of carbonyl (C=O) groups is 1. The number of nitrogens with zero attached hydrogens (tertiary/aromatic N) is 2. The summed E-state index contributed by atoms with van der Waals surface area (Å²) in [6.45, 7) is 3.33. The quantitative estimate of drug-likeness (QED) is 0.509. The molecule has 3 rings (SSSR count). The first-order valence-corrected chi connectivity index (χ1v) is 10.3. The third-order valence-electron chi connectivity index (χ3n) is 5.28. The Bertz CT molecular complexity index is 833. The molecule has 1 N–H and O–H groups in total. The van der Waals surface area contributed by atoms with E-state index in [0.717, 1.165) is 16.5 Å². The predicted octanol–water partition coefficient (Wildman–Crippen LogP) is 4.84. The number of amides is 1. The highest BCUT2D eigenvalue weighted by atomic mass is 79.9. The Kier molecular flexibility index (Phi) is 6.67. The van der Waals surface area contributed by atoms with Crippen LogP contribution in [0.25, 0.3) is 0 Å². The van der Waals surface area contributed by atoms with Crippen molar-refractivity contribution in [3.8, 4) is 0 Å². The van der Waals surface area contributed by atoms with E-state index < -0.39 is 0 Å². The first-order valence-electron chi connectivity index (χ1n) is 9.53. The number of piperidine rings is 1. The number of para-hydroxylation sites is 2. The molecule has 0 aromatic heterocycles. The van der Waals surface area contributed by atoms with E-state index in [9.17, 15) is 14.9 Å². The van der Waals surface area contributed by atoms with Crippen LogP contribution in [-0.2, 0) is 4.79 Å². The molecule has 7 heteroatoms. The monoisotopic (exact) mass is 445 g/mol. The van der Waals surface area contributed by atoms with E-state index in [2.05, 4.69) is 28.2 Å². The first-order chi connectivity index (χ1) is 13.5. The van der Waals surface area contributed by atoms with Crippen LogP contribution in [0.15, 0.2) is 53.0 Å². The molecule has 0 unspecified atom stereocenters. The summed E-state index contributed by atoms with van der Waals surface area (Å²) in [6.07, 6.45) is 2.20. The van der Waals surface area contributed by atoms with Crippen LogP contribution < -0.4 is 10.2 Å². The molecule has 28 heavy (non-hydrogen) atoms. The third-order valence-corrected chi connectivity index (χ3v) is 5.81. The molecule has 2 aromatic carbocycles. The Morgan fingerprint density at radius 2 is 1.86 bits per heavy atom. The van der Waals surface area contributed by atoms with Crippen LogP contribution in [0.4, 0.5) is 11.4 Å². The molecule has 1 aliphatic heterocycles. The van der Waals surface area contributed by atoms with Gasteiger partial charge in [0.1, 0.15) is 5.69 Å². The lowest BCUT2D eigenvalue weighted by Gasteiger charge is -2.33. The highest BCUT2D eigenvalue weighted by molar-refractivity contribution is 9.10. The van der Waals surface area contributed by atoms with E-state index in [4.69, 9.17) is 0 Å². The molecular weight excluding hydrogens is 422 g/mol. The molecule has 1 amide bonds. The highest BCUT2D eigenvalue weighted by Crippen LogP contribution is 2.31. The van der Waals surface area contributed by atoms with Gasteiger partial charge in [-0.3, -0.25) is 14.9 Å². The minimum absolute atomic E-state index is 0.00570. The zero-order valence-electron chi connectivity index (χ0n) is 15.8. The maximum absolute atomic E-state index is 12.8. The first kappa shape index (κ1) is 20.3. The minimum atomic E-state index is -0.349. The van der Waals surface area contributed by atoms with Crippen LogP contribution >= 0.6 is 15.9 Å². The van der Waals surface area contributed by atoms with Crippen LogP contribution in [0, 0.1) is 16.0 Å². The number of nitro benzene ring substituents is 1. The van der Waals surface area contributed by atoms with Gasteiger partial charge in [0.15, 0.2) is 0 Å². The number of nitrogens with one attached hydrogen (secondary N) is 1. The number of benzene rings is 2. The van der Waals surface area contributed by atoms with Gasteiger partial charge in [0, 0.05) is 29.5 Å². The van der Waals surface area contributed by atoms with Crippen molar-refractivity contribution >= 4 is 33.2 Å². The third kappa shape index (κ3) is 4.70. The van der Waals surface area contributed by atoms with Gasteiger partial charge in [-0.15, -0.1) is 0 Å². The number of rotatable bonds is 6. The number of hydrogen-bond donors (Lipinski definition) is 1. The van der Waals surface area contributed by atoms with Gasteiger partial charge >= 0.3 is 0 Å². The molecule has 0 radical (unpaired) electrons. The standard InChI is InChI=1S/C21H24BrN3O3/c1-2-18(15-7-9-17(22)10-8-15)23-21(26)16-11-13-24(14-12-16)19-5-3-4-6-20(19)25(27)28/h3-10,16,18H,2,11-14H2,1H3,(H,23,26)/t18-/m0/s1. The largest absolute Gasteiger partial charge is 0.366 e. The van der Waals surface area contributed by atoms with Crippen molar-refractivity contribution in [2.24, 2.45) is 5.92 Å². The summed E-state index contributed by atoms with van der Waals surface area (Å²) in [5, 5.41) is 14.4. The molecule has 0 aliphatic carbocycles. The van der Waals surface area contributed by atoms with Gasteiger partial charge in [-0.2, -0.15) is 0 Å². The van der Waals surface area contributed by atoms with Gasteiger partial charge in [0.2, 0.25) is 5.91 Å². The van der Waals surface area contributed by atoms with Crippen molar-refractivity contribution in [2.45, 2.75) is 32.2 Å². The average molecular weight is 446 g/mol. The Morgan fingerprint density at radius 3 is 2.46 bits per heavy atom. The molecule has 2 aromatic rings. The van der Waals surface area contributed by atoms with E-state index in [1.807, 2.05) is 35.2 Å². The van der Waals surface area contributed by atoms with Crippen LogP contribution in [0.1, 0.15) is 37.8 Å². The van der Waals surface area contributed by atoms with Crippen LogP contribution in [0.3, 0.4) is 0 Å². The van der Waals surface area contributed by atoms with Crippen molar-refractivity contribution < 1.29 is 9.72 Å². The minimum Gasteiger partial charge on any atom is -0.366 e. The van der Waals surface area contributed by atoms with Crippen LogP contribution in [0.2, 0.25) is 0 Å². The molecular formula is C21H24BrN3O3. The topological polar surface area (TPSA) is 75.5 Å². The second-order valence-electron chi connectivity index (χ2n) is 7.03. The molecule has 1 saturated heterocycles. The number of halogens is 1. The smallest absolute Gasteiger partial charge is 0.292 e. The zero-order chi connectivity index (χ0) is 20.1. The van der Waals surface area contributed by atoms with Crippen LogP contribution in [0.5, 0.6) is 0 Å². The summed E-state index contributed by atoms with van der Waals surface area (Å²) in [6, 6.07) is 14.8. The summed E-state index contributed by atoms with van der Waals surface area (Å²) in [5.41, 5.74) is 1.84.